The van der Waals surface area contributed by atoms with Gasteiger partial charge in [0.15, 0.2) is 0 Å². The summed E-state index contributed by atoms with van der Waals surface area (Å²) in [5, 5.41) is 0. The van der Waals surface area contributed by atoms with Crippen molar-refractivity contribution in [2.45, 2.75) is 25.8 Å². The molecular formula is C20H24Cl2N2O. The fourth-order valence-corrected chi connectivity index (χ4v) is 2.73. The Kier molecular flexibility index (Phi) is 8.78. The number of halogens is 2. The minimum Gasteiger partial charge on any atom is -0.490 e. The van der Waals surface area contributed by atoms with Gasteiger partial charge in [-0.3, -0.25) is 4.98 Å². The first-order valence-electron chi connectivity index (χ1n) is 8.07. The van der Waals surface area contributed by atoms with Crippen molar-refractivity contribution < 1.29 is 4.74 Å². The molecule has 3 rings (SSSR count). The third-order valence-corrected chi connectivity index (χ3v) is 4.23. The molecule has 0 saturated carbocycles. The highest BCUT2D eigenvalue weighted by molar-refractivity contribution is 5.85. The average Bonchev–Trinajstić information content (AvgIpc) is 2.98. The Morgan fingerprint density at radius 3 is 2.52 bits per heavy atom. The van der Waals surface area contributed by atoms with E-state index in [9.17, 15) is 0 Å². The molecule has 0 bridgehead atoms. The van der Waals surface area contributed by atoms with Crippen LogP contribution in [0.4, 0.5) is 0 Å². The lowest BCUT2D eigenvalue weighted by Gasteiger charge is -2.19. The third-order valence-electron chi connectivity index (χ3n) is 4.23. The highest BCUT2D eigenvalue weighted by Gasteiger charge is 2.21. The van der Waals surface area contributed by atoms with Crippen molar-refractivity contribution in [3.05, 3.63) is 59.4 Å². The molecule has 0 radical (unpaired) electrons. The van der Waals surface area contributed by atoms with E-state index >= 15 is 0 Å². The molecule has 0 amide bonds. The van der Waals surface area contributed by atoms with Crippen molar-refractivity contribution in [2.75, 3.05) is 20.2 Å². The van der Waals surface area contributed by atoms with E-state index in [0.29, 0.717) is 12.6 Å². The molecule has 0 spiro atoms. The van der Waals surface area contributed by atoms with Gasteiger partial charge in [0, 0.05) is 23.4 Å². The summed E-state index contributed by atoms with van der Waals surface area (Å²) >= 11 is 0. The number of benzene rings is 1. The molecule has 1 fully saturated rings. The Hall–Kier alpha value is -1.73. The molecular weight excluding hydrogens is 355 g/mol. The van der Waals surface area contributed by atoms with Gasteiger partial charge in [-0.1, -0.05) is 29.5 Å². The standard InChI is InChI=1S/C20H22N2O.2ClH/c1-16-5-7-17(8-6-16)9-10-18-12-20(14-21-13-18)23-15-19-4-3-11-22(19)2;;/h5-8,12-14,19H,3-4,11,15H2,1-2H3;2*1H/t19-;;/m0../s1. The number of rotatable bonds is 3. The predicted molar refractivity (Wildman–Crippen MR) is 107 cm³/mol. The maximum Gasteiger partial charge on any atom is 0.138 e. The van der Waals surface area contributed by atoms with Crippen molar-refractivity contribution >= 4 is 24.8 Å². The van der Waals surface area contributed by atoms with Gasteiger partial charge >= 0.3 is 0 Å². The second kappa shape index (κ2) is 10.3. The summed E-state index contributed by atoms with van der Waals surface area (Å²) < 4.78 is 5.90. The van der Waals surface area contributed by atoms with Gasteiger partial charge in [-0.05, 0) is 51.6 Å². The Bertz CT molecular complexity index is 722. The Labute approximate surface area is 162 Å². The summed E-state index contributed by atoms with van der Waals surface area (Å²) in [5.41, 5.74) is 3.13. The van der Waals surface area contributed by atoms with Crippen LogP contribution in [-0.4, -0.2) is 36.1 Å². The monoisotopic (exact) mass is 378 g/mol. The van der Waals surface area contributed by atoms with E-state index in [0.717, 1.165) is 23.4 Å². The zero-order chi connectivity index (χ0) is 16.1. The van der Waals surface area contributed by atoms with Crippen LogP contribution in [0.5, 0.6) is 5.75 Å². The van der Waals surface area contributed by atoms with Crippen LogP contribution in [0.1, 0.15) is 29.5 Å². The molecule has 1 saturated heterocycles. The van der Waals surface area contributed by atoms with Gasteiger partial charge in [0.05, 0.1) is 6.20 Å². The van der Waals surface area contributed by atoms with Crippen LogP contribution < -0.4 is 4.74 Å². The quantitative estimate of drug-likeness (QED) is 0.751. The average molecular weight is 379 g/mol. The van der Waals surface area contributed by atoms with Gasteiger partial charge in [0.2, 0.25) is 0 Å². The second-order valence-electron chi connectivity index (χ2n) is 6.11. The molecule has 2 heterocycles. The van der Waals surface area contributed by atoms with Crippen LogP contribution in [0.2, 0.25) is 0 Å². The summed E-state index contributed by atoms with van der Waals surface area (Å²) in [4.78, 5) is 6.59. The molecule has 1 atom stereocenters. The Balaban J connectivity index is 0.00000156. The normalized spacial score (nSPS) is 16.2. The Morgan fingerprint density at radius 1 is 1.12 bits per heavy atom. The van der Waals surface area contributed by atoms with Gasteiger partial charge in [0.25, 0.3) is 0 Å². The molecule has 1 aliphatic heterocycles. The van der Waals surface area contributed by atoms with Crippen molar-refractivity contribution in [1.82, 2.24) is 9.88 Å². The predicted octanol–water partition coefficient (Wildman–Crippen LogP) is 4.11. The van der Waals surface area contributed by atoms with Gasteiger partial charge < -0.3 is 9.64 Å². The molecule has 0 aliphatic carbocycles. The van der Waals surface area contributed by atoms with Crippen molar-refractivity contribution in [1.29, 1.82) is 0 Å². The van der Waals surface area contributed by atoms with Gasteiger partial charge in [-0.2, -0.15) is 0 Å². The van der Waals surface area contributed by atoms with Crippen LogP contribution in [0, 0.1) is 18.8 Å². The van der Waals surface area contributed by atoms with E-state index in [2.05, 4.69) is 47.8 Å². The number of likely N-dealkylation sites (N-methyl/N-ethyl adjacent to an activating group) is 1. The largest absolute Gasteiger partial charge is 0.490 e. The van der Waals surface area contributed by atoms with E-state index in [1.807, 2.05) is 18.2 Å². The first-order valence-corrected chi connectivity index (χ1v) is 8.07. The lowest BCUT2D eigenvalue weighted by atomic mass is 10.1. The number of likely N-dealkylation sites (tertiary alicyclic amines) is 1. The fourth-order valence-electron chi connectivity index (χ4n) is 2.73. The SMILES string of the molecule is Cc1ccc(C#Cc2cncc(OC[C@@H]3CCCN3C)c2)cc1.Cl.Cl. The van der Waals surface area contributed by atoms with Crippen LogP contribution in [-0.2, 0) is 0 Å². The third kappa shape index (κ3) is 6.25. The molecule has 3 nitrogen and oxygen atoms in total. The van der Waals surface area contributed by atoms with E-state index in [1.165, 1.54) is 18.4 Å². The lowest BCUT2D eigenvalue weighted by molar-refractivity contribution is 0.198. The molecule has 134 valence electrons. The van der Waals surface area contributed by atoms with Gasteiger partial charge in [0.1, 0.15) is 12.4 Å². The molecule has 1 aromatic carbocycles. The van der Waals surface area contributed by atoms with Crippen LogP contribution in [0.25, 0.3) is 0 Å². The zero-order valence-electron chi connectivity index (χ0n) is 14.6. The summed E-state index contributed by atoms with van der Waals surface area (Å²) in [7, 11) is 2.16. The second-order valence-corrected chi connectivity index (χ2v) is 6.11. The highest BCUT2D eigenvalue weighted by Crippen LogP contribution is 2.17. The number of aromatic nitrogens is 1. The summed E-state index contributed by atoms with van der Waals surface area (Å²) in [6.45, 7) is 3.95. The maximum absolute atomic E-state index is 5.90. The number of nitrogens with zero attached hydrogens (tertiary/aromatic N) is 2. The van der Waals surface area contributed by atoms with E-state index in [4.69, 9.17) is 4.74 Å². The minimum absolute atomic E-state index is 0. The van der Waals surface area contributed by atoms with Crippen LogP contribution >= 0.6 is 24.8 Å². The van der Waals surface area contributed by atoms with Crippen molar-refractivity contribution in [3.63, 3.8) is 0 Å². The number of hydrogen-bond donors (Lipinski definition) is 0. The number of ether oxygens (including phenoxy) is 1. The lowest BCUT2D eigenvalue weighted by Crippen LogP contribution is -2.30. The van der Waals surface area contributed by atoms with Gasteiger partial charge in [-0.25, -0.2) is 0 Å². The van der Waals surface area contributed by atoms with Crippen LogP contribution in [0.3, 0.4) is 0 Å². The molecule has 0 unspecified atom stereocenters. The highest BCUT2D eigenvalue weighted by atomic mass is 35.5. The first-order chi connectivity index (χ1) is 11.2. The molecule has 5 heteroatoms. The maximum atomic E-state index is 5.90. The summed E-state index contributed by atoms with van der Waals surface area (Å²) in [6, 6.07) is 10.7. The molecule has 1 aliphatic rings. The van der Waals surface area contributed by atoms with E-state index < -0.39 is 0 Å². The molecule has 0 N–H and O–H groups in total. The summed E-state index contributed by atoms with van der Waals surface area (Å²) in [6.07, 6.45) is 5.99. The Morgan fingerprint density at radius 2 is 1.84 bits per heavy atom. The van der Waals surface area contributed by atoms with Crippen molar-refractivity contribution in [3.8, 4) is 17.6 Å². The molecule has 2 aromatic rings. The van der Waals surface area contributed by atoms with Crippen molar-refractivity contribution in [2.24, 2.45) is 0 Å². The fraction of sp³-hybridized carbons (Fsp3) is 0.350. The molecule has 25 heavy (non-hydrogen) atoms. The number of pyridine rings is 1. The van der Waals surface area contributed by atoms with Crippen LogP contribution in [0.15, 0.2) is 42.7 Å². The number of hydrogen-bond acceptors (Lipinski definition) is 3. The topological polar surface area (TPSA) is 25.4 Å². The van der Waals surface area contributed by atoms with E-state index in [-0.39, 0.29) is 24.8 Å². The number of aryl methyl sites for hydroxylation is 1. The first kappa shape index (κ1) is 21.3. The minimum atomic E-state index is 0. The van der Waals surface area contributed by atoms with E-state index in [1.54, 1.807) is 12.4 Å². The zero-order valence-corrected chi connectivity index (χ0v) is 16.2. The molecule has 1 aromatic heterocycles. The smallest absolute Gasteiger partial charge is 0.138 e. The summed E-state index contributed by atoms with van der Waals surface area (Å²) in [5.74, 6) is 7.11. The van der Waals surface area contributed by atoms with Gasteiger partial charge in [-0.15, -0.1) is 24.8 Å².